The molecule has 1 aliphatic rings. The standard InChI is InChI=1S/C20H24N2O4/c1-2-25-20(24)16-8-10-22(11-9-16)14-15-5-3-6-17(13-15)21-19(23)18-7-4-12-26-18/h3-7,12-13,16H,2,8-11,14H2,1H3,(H,21,23). The maximum Gasteiger partial charge on any atom is 0.309 e. The Morgan fingerprint density at radius 1 is 1.23 bits per heavy atom. The minimum absolute atomic E-state index is 0.0186. The van der Waals surface area contributed by atoms with Gasteiger partial charge in [0.05, 0.1) is 18.8 Å². The summed E-state index contributed by atoms with van der Waals surface area (Å²) < 4.78 is 10.2. The molecule has 1 saturated heterocycles. The number of hydrogen-bond donors (Lipinski definition) is 1. The van der Waals surface area contributed by atoms with Gasteiger partial charge in [-0.1, -0.05) is 12.1 Å². The van der Waals surface area contributed by atoms with Gasteiger partial charge < -0.3 is 14.5 Å². The number of hydrogen-bond acceptors (Lipinski definition) is 5. The molecule has 1 fully saturated rings. The average Bonchev–Trinajstić information content (AvgIpc) is 3.18. The molecular formula is C20H24N2O4. The van der Waals surface area contributed by atoms with E-state index in [1.807, 2.05) is 31.2 Å². The predicted molar refractivity (Wildman–Crippen MR) is 97.7 cm³/mol. The van der Waals surface area contributed by atoms with Crippen LogP contribution in [0.4, 0.5) is 5.69 Å². The Hall–Kier alpha value is -2.60. The molecule has 1 amide bonds. The van der Waals surface area contributed by atoms with Crippen molar-refractivity contribution in [2.24, 2.45) is 5.92 Å². The van der Waals surface area contributed by atoms with Crippen molar-refractivity contribution in [3.05, 3.63) is 54.0 Å². The third-order valence-electron chi connectivity index (χ3n) is 4.54. The number of furan rings is 1. The van der Waals surface area contributed by atoms with Gasteiger partial charge >= 0.3 is 5.97 Å². The molecule has 6 nitrogen and oxygen atoms in total. The zero-order chi connectivity index (χ0) is 18.4. The number of amides is 1. The van der Waals surface area contributed by atoms with Crippen molar-refractivity contribution in [3.8, 4) is 0 Å². The summed E-state index contributed by atoms with van der Waals surface area (Å²) in [5.41, 5.74) is 1.86. The van der Waals surface area contributed by atoms with E-state index in [2.05, 4.69) is 10.2 Å². The summed E-state index contributed by atoms with van der Waals surface area (Å²) in [6, 6.07) is 11.1. The number of likely N-dealkylation sites (tertiary alicyclic amines) is 1. The number of benzene rings is 1. The molecule has 0 aliphatic carbocycles. The van der Waals surface area contributed by atoms with Crippen LogP contribution < -0.4 is 5.32 Å². The lowest BCUT2D eigenvalue weighted by Crippen LogP contribution is -2.36. The monoisotopic (exact) mass is 356 g/mol. The molecule has 0 unspecified atom stereocenters. The first kappa shape index (κ1) is 18.2. The van der Waals surface area contributed by atoms with Crippen molar-refractivity contribution in [2.45, 2.75) is 26.3 Å². The van der Waals surface area contributed by atoms with Crippen LogP contribution in [0.15, 0.2) is 47.1 Å². The molecule has 3 rings (SSSR count). The third-order valence-corrected chi connectivity index (χ3v) is 4.54. The topological polar surface area (TPSA) is 71.8 Å². The fourth-order valence-electron chi connectivity index (χ4n) is 3.19. The van der Waals surface area contributed by atoms with E-state index in [1.54, 1.807) is 12.1 Å². The molecule has 1 aliphatic heterocycles. The van der Waals surface area contributed by atoms with Gasteiger partial charge in [-0.3, -0.25) is 14.5 Å². The van der Waals surface area contributed by atoms with Gasteiger partial charge in [0, 0.05) is 12.2 Å². The number of carbonyl (C=O) groups excluding carboxylic acids is 2. The molecule has 138 valence electrons. The van der Waals surface area contributed by atoms with Crippen molar-refractivity contribution in [1.82, 2.24) is 4.90 Å². The summed E-state index contributed by atoms with van der Waals surface area (Å²) in [4.78, 5) is 26.2. The van der Waals surface area contributed by atoms with Crippen molar-refractivity contribution in [1.29, 1.82) is 0 Å². The lowest BCUT2D eigenvalue weighted by atomic mass is 9.96. The maximum absolute atomic E-state index is 12.1. The molecule has 1 aromatic carbocycles. The van der Waals surface area contributed by atoms with Gasteiger partial charge in [-0.15, -0.1) is 0 Å². The fourth-order valence-corrected chi connectivity index (χ4v) is 3.19. The lowest BCUT2D eigenvalue weighted by molar-refractivity contribution is -0.149. The molecule has 1 N–H and O–H groups in total. The van der Waals surface area contributed by atoms with E-state index >= 15 is 0 Å². The molecule has 2 heterocycles. The minimum atomic E-state index is -0.262. The highest BCUT2D eigenvalue weighted by Crippen LogP contribution is 2.21. The fraction of sp³-hybridized carbons (Fsp3) is 0.400. The zero-order valence-electron chi connectivity index (χ0n) is 14.9. The van der Waals surface area contributed by atoms with Crippen LogP contribution in [0.3, 0.4) is 0 Å². The molecular weight excluding hydrogens is 332 g/mol. The van der Waals surface area contributed by atoms with Crippen LogP contribution in [0.2, 0.25) is 0 Å². The summed E-state index contributed by atoms with van der Waals surface area (Å²) in [6.07, 6.45) is 3.13. The van der Waals surface area contributed by atoms with Crippen LogP contribution >= 0.6 is 0 Å². The van der Waals surface area contributed by atoms with Crippen LogP contribution in [-0.4, -0.2) is 36.5 Å². The number of nitrogens with zero attached hydrogens (tertiary/aromatic N) is 1. The molecule has 26 heavy (non-hydrogen) atoms. The summed E-state index contributed by atoms with van der Waals surface area (Å²) in [5, 5.41) is 2.85. The second kappa shape index (κ2) is 8.67. The highest BCUT2D eigenvalue weighted by atomic mass is 16.5. The maximum atomic E-state index is 12.1. The summed E-state index contributed by atoms with van der Waals surface area (Å²) in [6.45, 7) is 4.80. The number of anilines is 1. The molecule has 0 atom stereocenters. The summed E-state index contributed by atoms with van der Waals surface area (Å²) >= 11 is 0. The first-order valence-corrected chi connectivity index (χ1v) is 8.98. The smallest absolute Gasteiger partial charge is 0.309 e. The number of esters is 1. The van der Waals surface area contributed by atoms with Crippen LogP contribution in [0, 0.1) is 5.92 Å². The number of carbonyl (C=O) groups is 2. The van der Waals surface area contributed by atoms with Crippen LogP contribution in [0.5, 0.6) is 0 Å². The van der Waals surface area contributed by atoms with Crippen molar-refractivity contribution in [2.75, 3.05) is 25.0 Å². The molecule has 6 heteroatoms. The van der Waals surface area contributed by atoms with Gasteiger partial charge in [-0.2, -0.15) is 0 Å². The number of piperidine rings is 1. The number of ether oxygens (including phenoxy) is 1. The van der Waals surface area contributed by atoms with E-state index in [9.17, 15) is 9.59 Å². The quantitative estimate of drug-likeness (QED) is 0.804. The third kappa shape index (κ3) is 4.73. The second-order valence-electron chi connectivity index (χ2n) is 6.43. The van der Waals surface area contributed by atoms with Gasteiger partial charge in [-0.05, 0) is 62.7 Å². The van der Waals surface area contributed by atoms with Crippen molar-refractivity contribution >= 4 is 17.6 Å². The van der Waals surface area contributed by atoms with E-state index in [4.69, 9.17) is 9.15 Å². The molecule has 0 saturated carbocycles. The van der Waals surface area contributed by atoms with Gasteiger partial charge in [0.25, 0.3) is 5.91 Å². The van der Waals surface area contributed by atoms with E-state index in [1.165, 1.54) is 6.26 Å². The molecule has 0 radical (unpaired) electrons. The predicted octanol–water partition coefficient (Wildman–Crippen LogP) is 3.31. The first-order valence-electron chi connectivity index (χ1n) is 8.98. The highest BCUT2D eigenvalue weighted by Gasteiger charge is 2.25. The zero-order valence-corrected chi connectivity index (χ0v) is 14.9. The van der Waals surface area contributed by atoms with Gasteiger partial charge in [0.15, 0.2) is 5.76 Å². The largest absolute Gasteiger partial charge is 0.466 e. The number of rotatable bonds is 6. The summed E-state index contributed by atoms with van der Waals surface area (Å²) in [5.74, 6) is -0.0289. The Labute approximate surface area is 153 Å². The molecule has 0 spiro atoms. The normalized spacial score (nSPS) is 15.6. The molecule has 1 aromatic heterocycles. The van der Waals surface area contributed by atoms with E-state index in [0.29, 0.717) is 6.61 Å². The second-order valence-corrected chi connectivity index (χ2v) is 6.43. The first-order chi connectivity index (χ1) is 12.7. The van der Waals surface area contributed by atoms with Crippen LogP contribution in [0.25, 0.3) is 0 Å². The Bertz CT molecular complexity index is 734. The Morgan fingerprint density at radius 2 is 2.04 bits per heavy atom. The lowest BCUT2D eigenvalue weighted by Gasteiger charge is -2.30. The van der Waals surface area contributed by atoms with Gasteiger partial charge in [-0.25, -0.2) is 0 Å². The van der Waals surface area contributed by atoms with Gasteiger partial charge in [0.1, 0.15) is 0 Å². The Morgan fingerprint density at radius 3 is 2.73 bits per heavy atom. The van der Waals surface area contributed by atoms with Crippen LogP contribution in [0.1, 0.15) is 35.9 Å². The SMILES string of the molecule is CCOC(=O)C1CCN(Cc2cccc(NC(=O)c3ccco3)c2)CC1. The minimum Gasteiger partial charge on any atom is -0.466 e. The van der Waals surface area contributed by atoms with Crippen molar-refractivity contribution in [3.63, 3.8) is 0 Å². The molecule has 2 aromatic rings. The highest BCUT2D eigenvalue weighted by molar-refractivity contribution is 6.02. The van der Waals surface area contributed by atoms with Gasteiger partial charge in [0.2, 0.25) is 0 Å². The van der Waals surface area contributed by atoms with E-state index < -0.39 is 0 Å². The Kier molecular flexibility index (Phi) is 6.07. The van der Waals surface area contributed by atoms with Crippen LogP contribution in [-0.2, 0) is 16.1 Å². The van der Waals surface area contributed by atoms with Crippen molar-refractivity contribution < 1.29 is 18.7 Å². The molecule has 0 bridgehead atoms. The van der Waals surface area contributed by atoms with E-state index in [0.717, 1.165) is 43.7 Å². The Balaban J connectivity index is 1.53. The number of nitrogens with one attached hydrogen (secondary N) is 1. The van der Waals surface area contributed by atoms with E-state index in [-0.39, 0.29) is 23.6 Å². The average molecular weight is 356 g/mol. The summed E-state index contributed by atoms with van der Waals surface area (Å²) in [7, 11) is 0.